The van der Waals surface area contributed by atoms with E-state index in [4.69, 9.17) is 14.2 Å². The Kier molecular flexibility index (Phi) is 54.8. The Morgan fingerprint density at radius 3 is 0.928 bits per heavy atom. The first-order chi connectivity index (χ1) is 34.0. The molecule has 0 aliphatic carbocycles. The van der Waals surface area contributed by atoms with Crippen molar-refractivity contribution in [1.82, 2.24) is 0 Å². The third-order valence-corrected chi connectivity index (χ3v) is 12.7. The highest BCUT2D eigenvalue weighted by molar-refractivity contribution is 5.71. The normalized spacial score (nSPS) is 12.6. The smallest absolute Gasteiger partial charge is 0.306 e. The molecule has 0 amide bonds. The number of ether oxygens (including phenoxy) is 3. The average Bonchev–Trinajstić information content (AvgIpc) is 3.35. The van der Waals surface area contributed by atoms with E-state index in [-0.39, 0.29) is 31.1 Å². The van der Waals surface area contributed by atoms with Gasteiger partial charge in [0.1, 0.15) is 13.2 Å². The summed E-state index contributed by atoms with van der Waals surface area (Å²) < 4.78 is 16.8. The van der Waals surface area contributed by atoms with Crippen molar-refractivity contribution in [2.24, 2.45) is 0 Å². The highest BCUT2D eigenvalue weighted by Gasteiger charge is 2.19. The molecule has 0 rings (SSSR count). The van der Waals surface area contributed by atoms with E-state index in [1.807, 2.05) is 0 Å². The molecule has 0 bridgehead atoms. The minimum atomic E-state index is -0.778. The summed E-state index contributed by atoms with van der Waals surface area (Å²) >= 11 is 0. The third-order valence-electron chi connectivity index (χ3n) is 12.7. The Balaban J connectivity index is 4.09. The fourth-order valence-corrected chi connectivity index (χ4v) is 8.27. The van der Waals surface area contributed by atoms with Crippen LogP contribution in [0.25, 0.3) is 0 Å². The van der Waals surface area contributed by atoms with E-state index in [2.05, 4.69) is 93.7 Å². The Morgan fingerprint density at radius 2 is 0.580 bits per heavy atom. The van der Waals surface area contributed by atoms with Gasteiger partial charge >= 0.3 is 17.9 Å². The van der Waals surface area contributed by atoms with E-state index in [0.717, 1.165) is 109 Å². The van der Waals surface area contributed by atoms with Crippen molar-refractivity contribution in [3.05, 3.63) is 72.9 Å². The maximum absolute atomic E-state index is 12.8. The Labute approximate surface area is 427 Å². The maximum atomic E-state index is 12.8. The van der Waals surface area contributed by atoms with Crippen LogP contribution in [0.3, 0.4) is 0 Å². The zero-order chi connectivity index (χ0) is 50.0. The van der Waals surface area contributed by atoms with Crippen LogP contribution >= 0.6 is 0 Å². The minimum absolute atomic E-state index is 0.0778. The number of hydrogen-bond acceptors (Lipinski definition) is 6. The van der Waals surface area contributed by atoms with Gasteiger partial charge in [-0.3, -0.25) is 14.4 Å². The van der Waals surface area contributed by atoms with Gasteiger partial charge in [-0.2, -0.15) is 0 Å². The van der Waals surface area contributed by atoms with Crippen LogP contribution in [0.1, 0.15) is 290 Å². The van der Waals surface area contributed by atoms with Crippen LogP contribution in [-0.4, -0.2) is 37.2 Å². The number of carbonyl (C=O) groups excluding carboxylic acids is 3. The molecule has 0 saturated heterocycles. The molecule has 0 aromatic heterocycles. The lowest BCUT2D eigenvalue weighted by Crippen LogP contribution is -2.30. The predicted octanol–water partition coefficient (Wildman–Crippen LogP) is 19.8. The fraction of sp³-hybridized carbons (Fsp3) is 0.762. The van der Waals surface area contributed by atoms with Gasteiger partial charge in [0.15, 0.2) is 6.10 Å². The second kappa shape index (κ2) is 57.4. The molecule has 398 valence electrons. The first-order valence-electron chi connectivity index (χ1n) is 29.4. The number of unbranched alkanes of at least 4 members (excludes halogenated alkanes) is 30. The molecular weight excluding hydrogens is 853 g/mol. The monoisotopic (exact) mass is 963 g/mol. The molecule has 1 atom stereocenters. The summed E-state index contributed by atoms with van der Waals surface area (Å²) in [5.41, 5.74) is 0. The van der Waals surface area contributed by atoms with E-state index in [1.54, 1.807) is 0 Å². The molecule has 69 heavy (non-hydrogen) atoms. The van der Waals surface area contributed by atoms with Gasteiger partial charge in [0.25, 0.3) is 0 Å². The van der Waals surface area contributed by atoms with Crippen LogP contribution in [0, 0.1) is 0 Å². The van der Waals surface area contributed by atoms with Crippen LogP contribution < -0.4 is 0 Å². The lowest BCUT2D eigenvalue weighted by atomic mass is 10.0. The molecule has 6 nitrogen and oxygen atoms in total. The molecule has 0 saturated carbocycles. The molecule has 0 spiro atoms. The molecule has 0 aromatic carbocycles. The van der Waals surface area contributed by atoms with Gasteiger partial charge in [-0.05, 0) is 83.5 Å². The van der Waals surface area contributed by atoms with Gasteiger partial charge in [0.05, 0.1) is 0 Å². The van der Waals surface area contributed by atoms with Crippen LogP contribution in [0.4, 0.5) is 0 Å². The summed E-state index contributed by atoms with van der Waals surface area (Å²) in [7, 11) is 0. The minimum Gasteiger partial charge on any atom is -0.462 e. The molecular formula is C63H110O6. The van der Waals surface area contributed by atoms with Gasteiger partial charge in [0.2, 0.25) is 0 Å². The van der Waals surface area contributed by atoms with Crippen molar-refractivity contribution in [1.29, 1.82) is 0 Å². The summed E-state index contributed by atoms with van der Waals surface area (Å²) in [5.74, 6) is -0.888. The molecule has 0 heterocycles. The average molecular weight is 964 g/mol. The number of hydrogen-bond donors (Lipinski definition) is 0. The second-order valence-electron chi connectivity index (χ2n) is 19.5. The molecule has 0 radical (unpaired) electrons. The number of esters is 3. The summed E-state index contributed by atoms with van der Waals surface area (Å²) in [6.45, 7) is 6.46. The van der Waals surface area contributed by atoms with Crippen molar-refractivity contribution in [3.63, 3.8) is 0 Å². The standard InChI is InChI=1S/C63H110O6/c1-4-7-10-13-16-19-21-23-25-26-27-28-29-30-31-32-33-34-35-36-37-38-39-41-42-44-47-50-53-56-62(65)68-59-60(58-67-61(64)55-52-49-46-18-15-12-9-6-3)69-63(66)57-54-51-48-45-43-40-24-22-20-17-14-11-8-5-2/h7,10,14,16-17,19,22-25,27-28,60H,4-6,8-9,11-13,15,18,20-21,26,29-59H2,1-3H3/b10-7-,17-14-,19-16-,24-22-,25-23-,28-27-. The molecule has 0 aliphatic heterocycles. The summed E-state index contributed by atoms with van der Waals surface area (Å²) in [4.78, 5) is 38.0. The van der Waals surface area contributed by atoms with Gasteiger partial charge in [-0.15, -0.1) is 0 Å². The van der Waals surface area contributed by atoms with Crippen LogP contribution in [0.15, 0.2) is 72.9 Å². The topological polar surface area (TPSA) is 78.9 Å². The quantitative estimate of drug-likeness (QED) is 0.0262. The zero-order valence-electron chi connectivity index (χ0n) is 45.6. The van der Waals surface area contributed by atoms with E-state index in [9.17, 15) is 14.4 Å². The second-order valence-corrected chi connectivity index (χ2v) is 19.5. The summed E-state index contributed by atoms with van der Waals surface area (Å²) in [5, 5.41) is 0. The zero-order valence-corrected chi connectivity index (χ0v) is 45.6. The maximum Gasteiger partial charge on any atom is 0.306 e. The van der Waals surface area contributed by atoms with Gasteiger partial charge < -0.3 is 14.2 Å². The Hall–Kier alpha value is -3.15. The van der Waals surface area contributed by atoms with E-state index in [1.165, 1.54) is 141 Å². The number of allylic oxidation sites excluding steroid dienone is 12. The van der Waals surface area contributed by atoms with E-state index < -0.39 is 6.10 Å². The van der Waals surface area contributed by atoms with Gasteiger partial charge in [-0.25, -0.2) is 0 Å². The molecule has 0 N–H and O–H groups in total. The molecule has 0 aliphatic rings. The first kappa shape index (κ1) is 65.8. The fourth-order valence-electron chi connectivity index (χ4n) is 8.27. The Bertz CT molecular complexity index is 1290. The van der Waals surface area contributed by atoms with Crippen molar-refractivity contribution in [3.8, 4) is 0 Å². The van der Waals surface area contributed by atoms with Crippen molar-refractivity contribution < 1.29 is 28.6 Å². The van der Waals surface area contributed by atoms with E-state index >= 15 is 0 Å². The van der Waals surface area contributed by atoms with Crippen LogP contribution in [0.5, 0.6) is 0 Å². The third kappa shape index (κ3) is 55.6. The Morgan fingerprint density at radius 1 is 0.304 bits per heavy atom. The van der Waals surface area contributed by atoms with Crippen molar-refractivity contribution in [2.45, 2.75) is 297 Å². The van der Waals surface area contributed by atoms with Crippen molar-refractivity contribution in [2.75, 3.05) is 13.2 Å². The summed E-state index contributed by atoms with van der Waals surface area (Å²) in [6.07, 6.45) is 73.5. The van der Waals surface area contributed by atoms with Gasteiger partial charge in [-0.1, -0.05) is 261 Å². The SMILES string of the molecule is CC/C=C\C/C=C\C/C=C\C/C=C\CCCCCCCCCCCCCCCCCCC(=O)OCC(COC(=O)CCCCCCCCCC)OC(=O)CCCCCCC/C=C\C/C=C\CCCC. The number of carbonyl (C=O) groups is 3. The van der Waals surface area contributed by atoms with Gasteiger partial charge in [0, 0.05) is 19.3 Å². The van der Waals surface area contributed by atoms with Crippen LogP contribution in [0.2, 0.25) is 0 Å². The largest absolute Gasteiger partial charge is 0.462 e. The molecule has 0 aromatic rings. The number of rotatable bonds is 53. The highest BCUT2D eigenvalue weighted by atomic mass is 16.6. The highest BCUT2D eigenvalue weighted by Crippen LogP contribution is 2.16. The van der Waals surface area contributed by atoms with Crippen molar-refractivity contribution >= 4 is 17.9 Å². The summed E-state index contributed by atoms with van der Waals surface area (Å²) in [6, 6.07) is 0. The lowest BCUT2D eigenvalue weighted by molar-refractivity contribution is -0.167. The molecule has 1 unspecified atom stereocenters. The van der Waals surface area contributed by atoms with Crippen LogP contribution in [-0.2, 0) is 28.6 Å². The molecule has 6 heteroatoms. The van der Waals surface area contributed by atoms with E-state index in [0.29, 0.717) is 19.3 Å². The predicted molar refractivity (Wildman–Crippen MR) is 298 cm³/mol. The molecule has 0 fully saturated rings. The lowest BCUT2D eigenvalue weighted by Gasteiger charge is -2.18. The first-order valence-corrected chi connectivity index (χ1v) is 29.4.